The molecule has 0 unspecified atom stereocenters. The monoisotopic (exact) mass is 487 g/mol. The van der Waals surface area contributed by atoms with E-state index >= 15 is 0 Å². The van der Waals surface area contributed by atoms with E-state index in [4.69, 9.17) is 0 Å². The van der Waals surface area contributed by atoms with Crippen molar-refractivity contribution in [3.05, 3.63) is 52.1 Å². The van der Waals surface area contributed by atoms with Gasteiger partial charge in [-0.15, -0.1) is 12.4 Å². The van der Waals surface area contributed by atoms with Crippen LogP contribution in [0.1, 0.15) is 55.0 Å². The second-order valence-electron chi connectivity index (χ2n) is 10.1. The Morgan fingerprint density at radius 2 is 1.76 bits per heavy atom. The predicted octanol–water partition coefficient (Wildman–Crippen LogP) is 5.13. The SMILES string of the molecule is CCC(C)(C)C(=O)N1Cc2cc(N(C)C)ccc2C[C@H]1C(=O)Nc1cc(C)c(O)c(C)c1C.Cl. The van der Waals surface area contributed by atoms with Gasteiger partial charge in [-0.25, -0.2) is 0 Å². The molecular formula is C27H38ClN3O3. The van der Waals surface area contributed by atoms with Crippen molar-refractivity contribution >= 4 is 35.6 Å². The summed E-state index contributed by atoms with van der Waals surface area (Å²) in [5.74, 6) is 0.0290. The zero-order valence-corrected chi connectivity index (χ0v) is 22.4. The molecule has 0 fully saturated rings. The zero-order chi connectivity index (χ0) is 24.7. The van der Waals surface area contributed by atoms with Gasteiger partial charge in [0.2, 0.25) is 11.8 Å². The first-order chi connectivity index (χ1) is 15.4. The molecule has 1 heterocycles. The number of benzene rings is 2. The quantitative estimate of drug-likeness (QED) is 0.573. The first-order valence-electron chi connectivity index (χ1n) is 11.6. The number of amides is 2. The summed E-state index contributed by atoms with van der Waals surface area (Å²) in [5.41, 5.74) is 5.64. The van der Waals surface area contributed by atoms with Gasteiger partial charge in [-0.05, 0) is 73.2 Å². The Labute approximate surface area is 209 Å². The minimum atomic E-state index is -0.602. The average molecular weight is 488 g/mol. The number of rotatable bonds is 5. The van der Waals surface area contributed by atoms with E-state index in [0.717, 1.165) is 27.9 Å². The zero-order valence-electron chi connectivity index (χ0n) is 21.6. The number of phenolic OH excluding ortho intramolecular Hbond substituents is 1. The number of carbonyl (C=O) groups is 2. The lowest BCUT2D eigenvalue weighted by atomic mass is 9.85. The third-order valence-corrected chi connectivity index (χ3v) is 7.18. The van der Waals surface area contributed by atoms with Gasteiger partial charge < -0.3 is 20.2 Å². The van der Waals surface area contributed by atoms with Crippen LogP contribution in [0, 0.1) is 26.2 Å². The first kappa shape index (κ1) is 27.5. The van der Waals surface area contributed by atoms with Gasteiger partial charge in [-0.2, -0.15) is 0 Å². The molecule has 1 aliphatic rings. The highest BCUT2D eigenvalue weighted by Crippen LogP contribution is 2.34. The summed E-state index contributed by atoms with van der Waals surface area (Å²) >= 11 is 0. The van der Waals surface area contributed by atoms with Crippen molar-refractivity contribution in [3.63, 3.8) is 0 Å². The molecule has 0 radical (unpaired) electrons. The molecule has 0 spiro atoms. The van der Waals surface area contributed by atoms with Crippen LogP contribution in [0.15, 0.2) is 24.3 Å². The highest BCUT2D eigenvalue weighted by Gasteiger charge is 2.40. The van der Waals surface area contributed by atoms with Gasteiger partial charge in [-0.3, -0.25) is 9.59 Å². The Hall–Kier alpha value is -2.73. The molecule has 1 atom stereocenters. The number of hydrogen-bond acceptors (Lipinski definition) is 4. The topological polar surface area (TPSA) is 72.9 Å². The molecule has 7 heteroatoms. The van der Waals surface area contributed by atoms with Crippen molar-refractivity contribution in [3.8, 4) is 5.75 Å². The fourth-order valence-electron chi connectivity index (χ4n) is 4.25. The van der Waals surface area contributed by atoms with Crippen LogP contribution in [0.25, 0.3) is 0 Å². The molecule has 2 aromatic carbocycles. The van der Waals surface area contributed by atoms with Crippen molar-refractivity contribution in [2.75, 3.05) is 24.3 Å². The van der Waals surface area contributed by atoms with Gasteiger partial charge in [0.15, 0.2) is 0 Å². The molecule has 1 aliphatic heterocycles. The lowest BCUT2D eigenvalue weighted by Gasteiger charge is -2.40. The maximum atomic E-state index is 13.6. The van der Waals surface area contributed by atoms with E-state index in [0.29, 0.717) is 30.6 Å². The Morgan fingerprint density at radius 3 is 2.35 bits per heavy atom. The second kappa shape index (κ2) is 10.3. The Kier molecular flexibility index (Phi) is 8.30. The van der Waals surface area contributed by atoms with E-state index < -0.39 is 11.5 Å². The van der Waals surface area contributed by atoms with E-state index in [-0.39, 0.29) is 30.0 Å². The molecule has 6 nitrogen and oxygen atoms in total. The number of aryl methyl sites for hydroxylation is 1. The molecule has 0 aliphatic carbocycles. The van der Waals surface area contributed by atoms with Crippen molar-refractivity contribution in [2.45, 2.75) is 67.0 Å². The third-order valence-electron chi connectivity index (χ3n) is 7.18. The van der Waals surface area contributed by atoms with E-state index in [1.165, 1.54) is 0 Å². The lowest BCUT2D eigenvalue weighted by Crippen LogP contribution is -2.54. The number of phenols is 1. The summed E-state index contributed by atoms with van der Waals surface area (Å²) in [4.78, 5) is 30.9. The van der Waals surface area contributed by atoms with Crippen LogP contribution in [0.2, 0.25) is 0 Å². The maximum absolute atomic E-state index is 13.6. The minimum Gasteiger partial charge on any atom is -0.507 e. The smallest absolute Gasteiger partial charge is 0.247 e. The highest BCUT2D eigenvalue weighted by molar-refractivity contribution is 5.99. The highest BCUT2D eigenvalue weighted by atomic mass is 35.5. The molecule has 0 saturated carbocycles. The molecule has 2 N–H and O–H groups in total. The molecule has 2 amide bonds. The number of nitrogens with zero attached hydrogens (tertiary/aromatic N) is 2. The summed E-state index contributed by atoms with van der Waals surface area (Å²) in [6, 6.07) is 7.42. The Bertz CT molecular complexity index is 1100. The van der Waals surface area contributed by atoms with Crippen LogP contribution < -0.4 is 10.2 Å². The average Bonchev–Trinajstić information content (AvgIpc) is 2.79. The van der Waals surface area contributed by atoms with Crippen molar-refractivity contribution < 1.29 is 14.7 Å². The largest absolute Gasteiger partial charge is 0.507 e. The van der Waals surface area contributed by atoms with Crippen LogP contribution in [0.4, 0.5) is 11.4 Å². The number of nitrogens with one attached hydrogen (secondary N) is 1. The van der Waals surface area contributed by atoms with E-state index in [2.05, 4.69) is 23.5 Å². The van der Waals surface area contributed by atoms with E-state index in [1.54, 1.807) is 11.0 Å². The summed E-state index contributed by atoms with van der Waals surface area (Å²) < 4.78 is 0. The van der Waals surface area contributed by atoms with Crippen molar-refractivity contribution in [2.24, 2.45) is 5.41 Å². The molecule has 0 bridgehead atoms. The standard InChI is InChI=1S/C27H37N3O3.ClH/c1-9-27(5,6)26(33)30-15-20-13-21(29(7)8)11-10-19(20)14-23(30)25(32)28-22-12-16(2)24(31)18(4)17(22)3;/h10-13,23,31H,9,14-15H2,1-8H3,(H,28,32);1H/t23-;/m0./s1. The molecule has 0 aromatic heterocycles. The Morgan fingerprint density at radius 1 is 1.12 bits per heavy atom. The van der Waals surface area contributed by atoms with Crippen LogP contribution in [0.5, 0.6) is 5.75 Å². The molecular weight excluding hydrogens is 450 g/mol. The van der Waals surface area contributed by atoms with E-state index in [9.17, 15) is 14.7 Å². The number of halogens is 1. The van der Waals surface area contributed by atoms with E-state index in [1.807, 2.05) is 60.5 Å². The van der Waals surface area contributed by atoms with Gasteiger partial charge in [0.1, 0.15) is 11.8 Å². The fourth-order valence-corrected chi connectivity index (χ4v) is 4.25. The molecule has 2 aromatic rings. The maximum Gasteiger partial charge on any atom is 0.247 e. The van der Waals surface area contributed by atoms with Gasteiger partial charge in [0.25, 0.3) is 0 Å². The van der Waals surface area contributed by atoms with Crippen LogP contribution in [-0.2, 0) is 22.6 Å². The van der Waals surface area contributed by atoms with Gasteiger partial charge >= 0.3 is 0 Å². The number of anilines is 2. The lowest BCUT2D eigenvalue weighted by molar-refractivity contribution is -0.147. The second-order valence-corrected chi connectivity index (χ2v) is 10.1. The van der Waals surface area contributed by atoms with Gasteiger partial charge in [-0.1, -0.05) is 26.8 Å². The van der Waals surface area contributed by atoms with Crippen molar-refractivity contribution in [1.82, 2.24) is 4.90 Å². The number of aromatic hydroxyl groups is 1. The third kappa shape index (κ3) is 5.17. The normalized spacial score (nSPS) is 15.3. The molecule has 0 saturated heterocycles. The summed E-state index contributed by atoms with van der Waals surface area (Å²) in [6.07, 6.45) is 1.16. The van der Waals surface area contributed by atoms with Gasteiger partial charge in [0, 0.05) is 43.9 Å². The van der Waals surface area contributed by atoms with Crippen LogP contribution >= 0.6 is 12.4 Å². The first-order valence-corrected chi connectivity index (χ1v) is 11.6. The van der Waals surface area contributed by atoms with Gasteiger partial charge in [0.05, 0.1) is 0 Å². The van der Waals surface area contributed by atoms with Crippen LogP contribution in [-0.4, -0.2) is 42.0 Å². The molecule has 186 valence electrons. The fraction of sp³-hybridized carbons (Fsp3) is 0.481. The summed E-state index contributed by atoms with van der Waals surface area (Å²) in [7, 11) is 3.99. The predicted molar refractivity (Wildman–Crippen MR) is 141 cm³/mol. The minimum absolute atomic E-state index is 0. The number of hydrogen-bond donors (Lipinski definition) is 2. The molecule has 34 heavy (non-hydrogen) atoms. The van der Waals surface area contributed by atoms with Crippen molar-refractivity contribution in [1.29, 1.82) is 0 Å². The summed E-state index contributed by atoms with van der Waals surface area (Å²) in [5, 5.41) is 13.3. The number of carbonyl (C=O) groups excluding carboxylic acids is 2. The van der Waals surface area contributed by atoms with Crippen LogP contribution in [0.3, 0.4) is 0 Å². The number of fused-ring (bicyclic) bond motifs is 1. The Balaban J connectivity index is 0.00000408. The molecule has 3 rings (SSSR count). The summed E-state index contributed by atoms with van der Waals surface area (Å²) in [6.45, 7) is 11.8.